The number of rotatable bonds is 0. The van der Waals surface area contributed by atoms with E-state index in [1.807, 2.05) is 0 Å². The lowest BCUT2D eigenvalue weighted by Gasteiger charge is -1.91. The molecule has 1 aromatic heterocycles. The lowest BCUT2D eigenvalue weighted by atomic mass is 10.5. The van der Waals surface area contributed by atoms with Crippen molar-refractivity contribution in [1.29, 1.82) is 0 Å². The van der Waals surface area contributed by atoms with Crippen LogP contribution in [-0.4, -0.2) is 4.98 Å². The smallest absolute Gasteiger partial charge is 0.155 e. The second-order valence-corrected chi connectivity index (χ2v) is 3.09. The zero-order valence-corrected chi connectivity index (χ0v) is 7.41. The second kappa shape index (κ2) is 2.75. The number of halogens is 3. The van der Waals surface area contributed by atoms with Crippen molar-refractivity contribution >= 4 is 31.9 Å². The van der Waals surface area contributed by atoms with Crippen LogP contribution in [0.2, 0.25) is 0 Å². The summed E-state index contributed by atoms with van der Waals surface area (Å²) in [7, 11) is 0. The molecular weight excluding hydrogens is 253 g/mol. The van der Waals surface area contributed by atoms with E-state index in [9.17, 15) is 4.39 Å². The van der Waals surface area contributed by atoms with Gasteiger partial charge in [0.1, 0.15) is 4.60 Å². The molecule has 48 valence electrons. The molecule has 0 amide bonds. The molecule has 1 aromatic rings. The van der Waals surface area contributed by atoms with Crippen LogP contribution in [0.25, 0.3) is 0 Å². The van der Waals surface area contributed by atoms with Gasteiger partial charge >= 0.3 is 0 Å². The summed E-state index contributed by atoms with van der Waals surface area (Å²) in [5.41, 5.74) is 0. The molecule has 0 atom stereocenters. The van der Waals surface area contributed by atoms with Crippen molar-refractivity contribution in [3.8, 4) is 0 Å². The summed E-state index contributed by atoms with van der Waals surface area (Å²) in [5.74, 6) is -0.349. The summed E-state index contributed by atoms with van der Waals surface area (Å²) in [5, 5.41) is 0. The Morgan fingerprint density at radius 1 is 1.44 bits per heavy atom. The van der Waals surface area contributed by atoms with Gasteiger partial charge in [-0.3, -0.25) is 0 Å². The molecule has 0 spiro atoms. The maximum atomic E-state index is 12.4. The third-order valence-corrected chi connectivity index (χ3v) is 1.82. The first-order valence-electron chi connectivity index (χ1n) is 2.16. The topological polar surface area (TPSA) is 12.9 Å². The lowest BCUT2D eigenvalue weighted by molar-refractivity contribution is 0.613. The summed E-state index contributed by atoms with van der Waals surface area (Å²) in [4.78, 5) is 3.65. The van der Waals surface area contributed by atoms with Crippen LogP contribution in [0.5, 0.6) is 0 Å². The van der Waals surface area contributed by atoms with E-state index in [0.29, 0.717) is 9.08 Å². The van der Waals surface area contributed by atoms with Crippen molar-refractivity contribution in [2.45, 2.75) is 0 Å². The molecule has 0 saturated carbocycles. The van der Waals surface area contributed by atoms with Crippen molar-refractivity contribution in [2.24, 2.45) is 0 Å². The van der Waals surface area contributed by atoms with E-state index in [-0.39, 0.29) is 5.82 Å². The Labute approximate surface area is 68.6 Å². The fraction of sp³-hybridized carbons (Fsp3) is 0. The zero-order chi connectivity index (χ0) is 6.85. The first kappa shape index (κ1) is 7.15. The monoisotopic (exact) mass is 253 g/mol. The van der Waals surface area contributed by atoms with Crippen LogP contribution in [0.3, 0.4) is 0 Å². The molecule has 0 fully saturated rings. The van der Waals surface area contributed by atoms with Crippen molar-refractivity contribution < 1.29 is 4.39 Å². The van der Waals surface area contributed by atoms with E-state index >= 15 is 0 Å². The number of aromatic nitrogens is 1. The number of pyridine rings is 1. The molecule has 1 heterocycles. The van der Waals surface area contributed by atoms with Gasteiger partial charge in [-0.15, -0.1) is 0 Å². The Kier molecular flexibility index (Phi) is 2.18. The highest BCUT2D eigenvalue weighted by atomic mass is 79.9. The predicted molar refractivity (Wildman–Crippen MR) is 39.6 cm³/mol. The van der Waals surface area contributed by atoms with Crippen molar-refractivity contribution in [3.05, 3.63) is 27.2 Å². The average molecular weight is 255 g/mol. The Hall–Kier alpha value is 0.0400. The molecule has 0 aromatic carbocycles. The van der Waals surface area contributed by atoms with Gasteiger partial charge in [-0.05, 0) is 37.9 Å². The zero-order valence-electron chi connectivity index (χ0n) is 4.24. The largest absolute Gasteiger partial charge is 0.246 e. The lowest BCUT2D eigenvalue weighted by Crippen LogP contribution is -1.79. The van der Waals surface area contributed by atoms with Crippen LogP contribution < -0.4 is 0 Å². The van der Waals surface area contributed by atoms with Crippen molar-refractivity contribution in [1.82, 2.24) is 4.98 Å². The second-order valence-electron chi connectivity index (χ2n) is 1.42. The first-order chi connectivity index (χ1) is 4.20. The fourth-order valence-electron chi connectivity index (χ4n) is 0.391. The highest BCUT2D eigenvalue weighted by Crippen LogP contribution is 2.17. The molecule has 0 saturated heterocycles. The van der Waals surface area contributed by atoms with Crippen LogP contribution in [0.1, 0.15) is 0 Å². The molecule has 0 unspecified atom stereocenters. The summed E-state index contributed by atoms with van der Waals surface area (Å²) >= 11 is 6.09. The summed E-state index contributed by atoms with van der Waals surface area (Å²) in [6, 6.07) is 1.55. The van der Waals surface area contributed by atoms with Gasteiger partial charge in [0, 0.05) is 0 Å². The number of nitrogens with zero attached hydrogens (tertiary/aromatic N) is 1. The maximum Gasteiger partial charge on any atom is 0.155 e. The Balaban J connectivity index is 3.17. The van der Waals surface area contributed by atoms with E-state index in [2.05, 4.69) is 36.8 Å². The van der Waals surface area contributed by atoms with Gasteiger partial charge < -0.3 is 0 Å². The van der Waals surface area contributed by atoms with Crippen LogP contribution >= 0.6 is 31.9 Å². The van der Waals surface area contributed by atoms with Crippen LogP contribution in [0.15, 0.2) is 21.3 Å². The SMILES string of the molecule is Fc1cnc(Br)cc1Br. The van der Waals surface area contributed by atoms with E-state index in [1.54, 1.807) is 6.07 Å². The normalized spacial score (nSPS) is 9.67. The van der Waals surface area contributed by atoms with Gasteiger partial charge in [-0.2, -0.15) is 0 Å². The molecule has 0 aliphatic rings. The first-order valence-corrected chi connectivity index (χ1v) is 3.75. The minimum absolute atomic E-state index is 0.349. The van der Waals surface area contributed by atoms with E-state index in [0.717, 1.165) is 6.20 Å². The van der Waals surface area contributed by atoms with Crippen molar-refractivity contribution in [3.63, 3.8) is 0 Å². The average Bonchev–Trinajstić information content (AvgIpc) is 1.80. The predicted octanol–water partition coefficient (Wildman–Crippen LogP) is 2.75. The summed E-state index contributed by atoms with van der Waals surface area (Å²) in [6.07, 6.45) is 1.15. The minimum Gasteiger partial charge on any atom is -0.246 e. The van der Waals surface area contributed by atoms with Gasteiger partial charge in [0.05, 0.1) is 10.7 Å². The van der Waals surface area contributed by atoms with E-state index < -0.39 is 0 Å². The summed E-state index contributed by atoms with van der Waals surface area (Å²) < 4.78 is 13.4. The fourth-order valence-corrected chi connectivity index (χ4v) is 1.35. The van der Waals surface area contributed by atoms with Crippen LogP contribution in [0, 0.1) is 5.82 Å². The van der Waals surface area contributed by atoms with E-state index in [4.69, 9.17) is 0 Å². The highest BCUT2D eigenvalue weighted by molar-refractivity contribution is 9.11. The quantitative estimate of drug-likeness (QED) is 0.649. The molecule has 9 heavy (non-hydrogen) atoms. The standard InChI is InChI=1S/C5H2Br2FN/c6-3-1-5(7)9-2-4(3)8/h1-2H. The summed E-state index contributed by atoms with van der Waals surface area (Å²) in [6.45, 7) is 0. The Morgan fingerprint density at radius 3 is 2.56 bits per heavy atom. The van der Waals surface area contributed by atoms with Crippen LogP contribution in [-0.2, 0) is 0 Å². The maximum absolute atomic E-state index is 12.4. The van der Waals surface area contributed by atoms with Gasteiger partial charge in [0.2, 0.25) is 0 Å². The molecule has 1 rings (SSSR count). The van der Waals surface area contributed by atoms with Crippen LogP contribution in [0.4, 0.5) is 4.39 Å². The Bertz CT molecular complexity index is 226. The van der Waals surface area contributed by atoms with Gasteiger partial charge in [0.25, 0.3) is 0 Å². The van der Waals surface area contributed by atoms with Gasteiger partial charge in [-0.25, -0.2) is 9.37 Å². The minimum atomic E-state index is -0.349. The molecule has 1 nitrogen and oxygen atoms in total. The number of hydrogen-bond acceptors (Lipinski definition) is 1. The molecule has 4 heteroatoms. The van der Waals surface area contributed by atoms with Gasteiger partial charge in [0.15, 0.2) is 5.82 Å². The Morgan fingerprint density at radius 2 is 2.11 bits per heavy atom. The van der Waals surface area contributed by atoms with Crippen molar-refractivity contribution in [2.75, 3.05) is 0 Å². The number of hydrogen-bond donors (Lipinski definition) is 0. The third-order valence-electron chi connectivity index (χ3n) is 0.775. The molecule has 0 N–H and O–H groups in total. The highest BCUT2D eigenvalue weighted by Gasteiger charge is 1.97. The molecule has 0 radical (unpaired) electrons. The van der Waals surface area contributed by atoms with E-state index in [1.165, 1.54) is 0 Å². The molecule has 0 bridgehead atoms. The van der Waals surface area contributed by atoms with Gasteiger partial charge in [-0.1, -0.05) is 0 Å². The molecule has 0 aliphatic carbocycles. The molecular formula is C5H2Br2FN. The molecule has 0 aliphatic heterocycles. The third kappa shape index (κ3) is 1.72.